The third-order valence-electron chi connectivity index (χ3n) is 1.61. The molecule has 0 aliphatic heterocycles. The molecule has 0 aliphatic rings. The molecule has 0 unspecified atom stereocenters. The highest BCUT2D eigenvalue weighted by Crippen LogP contribution is 2.24. The fourth-order valence-electron chi connectivity index (χ4n) is 0.831. The van der Waals surface area contributed by atoms with Crippen LogP contribution in [0, 0.1) is 0 Å². The van der Waals surface area contributed by atoms with E-state index < -0.39 is 0 Å². The van der Waals surface area contributed by atoms with E-state index in [1.807, 2.05) is 20.8 Å². The minimum Gasteiger partial charge on any atom is -0.428 e. The van der Waals surface area contributed by atoms with E-state index in [2.05, 4.69) is 10.3 Å². The lowest BCUT2D eigenvalue weighted by Crippen LogP contribution is -2.13. The van der Waals surface area contributed by atoms with Gasteiger partial charge in [0.05, 0.1) is 6.20 Å². The Labute approximate surface area is 87.6 Å². The maximum Gasteiger partial charge on any atom is 0.301 e. The van der Waals surface area contributed by atoms with Crippen LogP contribution in [0.4, 0.5) is 6.01 Å². The molecule has 0 bridgehead atoms. The molecule has 1 aromatic rings. The van der Waals surface area contributed by atoms with Crippen LogP contribution in [0.2, 0.25) is 0 Å². The van der Waals surface area contributed by atoms with Crippen LogP contribution in [0.3, 0.4) is 0 Å². The maximum atomic E-state index is 10.9. The summed E-state index contributed by atoms with van der Waals surface area (Å²) in [6.07, 6.45) is 1.60. The highest BCUT2D eigenvalue weighted by Gasteiger charge is 2.19. The smallest absolute Gasteiger partial charge is 0.301 e. The summed E-state index contributed by atoms with van der Waals surface area (Å²) in [6.45, 7) is 6.00. The van der Waals surface area contributed by atoms with Gasteiger partial charge >= 0.3 is 6.01 Å². The Balaban J connectivity index is 2.74. The minimum absolute atomic E-state index is 0.104. The summed E-state index contributed by atoms with van der Waals surface area (Å²) in [5, 5.41) is 2.44. The summed E-state index contributed by atoms with van der Waals surface area (Å²) in [5.74, 6) is 0.295. The molecule has 1 aromatic heterocycles. The number of nitrogens with one attached hydrogen (secondary N) is 1. The van der Waals surface area contributed by atoms with Gasteiger partial charge in [-0.1, -0.05) is 20.8 Å². The lowest BCUT2D eigenvalue weighted by molar-refractivity contribution is -0.114. The van der Waals surface area contributed by atoms with Crippen LogP contribution in [-0.4, -0.2) is 16.8 Å². The Hall–Kier alpha value is -1.03. The molecule has 0 fully saturated rings. The SMILES string of the molecule is CC(C)(C)c1cnc(NC(=O)CCl)o1. The first-order valence-electron chi connectivity index (χ1n) is 4.25. The highest BCUT2D eigenvalue weighted by molar-refractivity contribution is 6.28. The van der Waals surface area contributed by atoms with Crippen molar-refractivity contribution in [1.82, 2.24) is 4.98 Å². The molecule has 0 saturated carbocycles. The maximum absolute atomic E-state index is 10.9. The van der Waals surface area contributed by atoms with Gasteiger partial charge in [-0.15, -0.1) is 11.6 Å². The first-order valence-corrected chi connectivity index (χ1v) is 4.79. The molecule has 0 spiro atoms. The summed E-state index contributed by atoms with van der Waals surface area (Å²) in [6, 6.07) is 0.195. The van der Waals surface area contributed by atoms with Crippen molar-refractivity contribution in [2.45, 2.75) is 26.2 Å². The standard InChI is InChI=1S/C9H13ClN2O2/c1-9(2,3)6-5-11-8(14-6)12-7(13)4-10/h5H,4H2,1-3H3,(H,11,12,13). The average Bonchev–Trinajstić information content (AvgIpc) is 2.51. The zero-order chi connectivity index (χ0) is 10.8. The van der Waals surface area contributed by atoms with Crippen LogP contribution < -0.4 is 5.32 Å². The summed E-state index contributed by atoms with van der Waals surface area (Å²) in [4.78, 5) is 14.8. The summed E-state index contributed by atoms with van der Waals surface area (Å²) in [5.41, 5.74) is -0.114. The number of alkyl halides is 1. The molecule has 5 heteroatoms. The van der Waals surface area contributed by atoms with Gasteiger partial charge in [0.1, 0.15) is 11.6 Å². The number of nitrogens with zero attached hydrogens (tertiary/aromatic N) is 1. The van der Waals surface area contributed by atoms with Gasteiger partial charge in [0.15, 0.2) is 0 Å². The van der Waals surface area contributed by atoms with E-state index >= 15 is 0 Å². The van der Waals surface area contributed by atoms with E-state index in [1.54, 1.807) is 6.20 Å². The Bertz CT molecular complexity index is 328. The molecule has 0 atom stereocenters. The van der Waals surface area contributed by atoms with E-state index in [-0.39, 0.29) is 23.2 Å². The Morgan fingerprint density at radius 3 is 2.71 bits per heavy atom. The number of carbonyl (C=O) groups excluding carboxylic acids is 1. The number of carbonyl (C=O) groups is 1. The fourth-order valence-corrected chi connectivity index (χ4v) is 0.898. The quantitative estimate of drug-likeness (QED) is 0.771. The van der Waals surface area contributed by atoms with Crippen molar-refractivity contribution in [2.24, 2.45) is 0 Å². The van der Waals surface area contributed by atoms with Crippen LogP contribution >= 0.6 is 11.6 Å². The predicted octanol–water partition coefficient (Wildman–Crippen LogP) is 2.15. The molecule has 0 aromatic carbocycles. The van der Waals surface area contributed by atoms with Gasteiger partial charge in [-0.25, -0.2) is 4.98 Å². The Kier molecular flexibility index (Phi) is 3.16. The first-order chi connectivity index (χ1) is 6.43. The van der Waals surface area contributed by atoms with Gasteiger partial charge < -0.3 is 4.42 Å². The molecule has 14 heavy (non-hydrogen) atoms. The molecule has 1 amide bonds. The molecule has 4 nitrogen and oxygen atoms in total. The van der Waals surface area contributed by atoms with Crippen molar-refractivity contribution in [1.29, 1.82) is 0 Å². The number of aromatic nitrogens is 1. The lowest BCUT2D eigenvalue weighted by Gasteiger charge is -2.12. The van der Waals surface area contributed by atoms with Gasteiger partial charge in [0, 0.05) is 5.41 Å². The Morgan fingerprint density at radius 2 is 2.29 bits per heavy atom. The van der Waals surface area contributed by atoms with Gasteiger partial charge in [0.2, 0.25) is 5.91 Å². The van der Waals surface area contributed by atoms with Crippen molar-refractivity contribution < 1.29 is 9.21 Å². The van der Waals surface area contributed by atoms with Gasteiger partial charge in [-0.05, 0) is 0 Å². The molecule has 1 heterocycles. The monoisotopic (exact) mass is 216 g/mol. The summed E-state index contributed by atoms with van der Waals surface area (Å²) >= 11 is 5.32. The number of oxazole rings is 1. The lowest BCUT2D eigenvalue weighted by atomic mass is 9.94. The number of halogens is 1. The van der Waals surface area contributed by atoms with Crippen LogP contribution in [-0.2, 0) is 10.2 Å². The second-order valence-electron chi connectivity index (χ2n) is 3.96. The second-order valence-corrected chi connectivity index (χ2v) is 4.23. The number of rotatable bonds is 2. The van der Waals surface area contributed by atoms with E-state index in [1.165, 1.54) is 0 Å². The minimum atomic E-state index is -0.325. The zero-order valence-corrected chi connectivity index (χ0v) is 9.18. The summed E-state index contributed by atoms with van der Waals surface area (Å²) < 4.78 is 5.32. The zero-order valence-electron chi connectivity index (χ0n) is 8.43. The van der Waals surface area contributed by atoms with E-state index in [0.717, 1.165) is 5.76 Å². The van der Waals surface area contributed by atoms with Crippen molar-refractivity contribution in [2.75, 3.05) is 11.2 Å². The van der Waals surface area contributed by atoms with Gasteiger partial charge in [-0.3, -0.25) is 10.1 Å². The number of amides is 1. The molecular weight excluding hydrogens is 204 g/mol. The van der Waals surface area contributed by atoms with Crippen molar-refractivity contribution in [3.8, 4) is 0 Å². The number of hydrogen-bond donors (Lipinski definition) is 1. The fraction of sp³-hybridized carbons (Fsp3) is 0.556. The average molecular weight is 217 g/mol. The van der Waals surface area contributed by atoms with E-state index in [0.29, 0.717) is 0 Å². The topological polar surface area (TPSA) is 55.1 Å². The summed E-state index contributed by atoms with van der Waals surface area (Å²) in [7, 11) is 0. The van der Waals surface area contributed by atoms with Crippen molar-refractivity contribution in [3.63, 3.8) is 0 Å². The molecule has 0 radical (unpaired) electrons. The molecule has 78 valence electrons. The molecule has 0 aliphatic carbocycles. The third kappa shape index (κ3) is 2.73. The van der Waals surface area contributed by atoms with Gasteiger partial charge in [-0.2, -0.15) is 0 Å². The molecule has 0 saturated heterocycles. The van der Waals surface area contributed by atoms with Crippen molar-refractivity contribution >= 4 is 23.5 Å². The Morgan fingerprint density at radius 1 is 1.64 bits per heavy atom. The predicted molar refractivity (Wildman–Crippen MR) is 54.6 cm³/mol. The number of hydrogen-bond acceptors (Lipinski definition) is 3. The third-order valence-corrected chi connectivity index (χ3v) is 1.86. The molecule has 1 N–H and O–H groups in total. The van der Waals surface area contributed by atoms with Crippen LogP contribution in [0.25, 0.3) is 0 Å². The number of anilines is 1. The van der Waals surface area contributed by atoms with Crippen LogP contribution in [0.5, 0.6) is 0 Å². The molecular formula is C9H13ClN2O2. The van der Waals surface area contributed by atoms with Gasteiger partial charge in [0.25, 0.3) is 0 Å². The largest absolute Gasteiger partial charge is 0.428 e. The van der Waals surface area contributed by atoms with Crippen molar-refractivity contribution in [3.05, 3.63) is 12.0 Å². The normalized spacial score (nSPS) is 11.4. The molecule has 1 rings (SSSR count). The van der Waals surface area contributed by atoms with Crippen LogP contribution in [0.15, 0.2) is 10.6 Å². The first kappa shape index (κ1) is 11.0. The highest BCUT2D eigenvalue weighted by atomic mass is 35.5. The van der Waals surface area contributed by atoms with Crippen LogP contribution in [0.1, 0.15) is 26.5 Å². The van der Waals surface area contributed by atoms with E-state index in [9.17, 15) is 4.79 Å². The second kappa shape index (κ2) is 4.00. The van der Waals surface area contributed by atoms with E-state index in [4.69, 9.17) is 16.0 Å².